The van der Waals surface area contributed by atoms with Crippen LogP contribution < -0.4 is 10.6 Å². The quantitative estimate of drug-likeness (QED) is 0.493. The van der Waals surface area contributed by atoms with Gasteiger partial charge in [-0.1, -0.05) is 19.1 Å². The van der Waals surface area contributed by atoms with Crippen molar-refractivity contribution in [2.45, 2.75) is 38.8 Å². The lowest BCUT2D eigenvalue weighted by Crippen LogP contribution is -2.44. The summed E-state index contributed by atoms with van der Waals surface area (Å²) in [5.74, 6) is 0.791. The van der Waals surface area contributed by atoms with Gasteiger partial charge >= 0.3 is 12.0 Å². The second-order valence-corrected chi connectivity index (χ2v) is 6.07. The van der Waals surface area contributed by atoms with Crippen LogP contribution in [0.2, 0.25) is 0 Å². The number of carboxylic acid groups (broad SMARTS) is 1. The number of carbonyl (C=O) groups excluding carboxylic acids is 1. The van der Waals surface area contributed by atoms with Crippen LogP contribution in [0.25, 0.3) is 0 Å². The summed E-state index contributed by atoms with van der Waals surface area (Å²) in [5, 5.41) is 14.5. The highest BCUT2D eigenvalue weighted by atomic mass is 32.2. The average molecular weight is 286 g/mol. The van der Waals surface area contributed by atoms with Gasteiger partial charge in [-0.15, -0.1) is 0 Å². The summed E-state index contributed by atoms with van der Waals surface area (Å²) < 4.78 is 0. The first-order chi connectivity index (χ1) is 9.02. The normalized spacial score (nSPS) is 23.1. The van der Waals surface area contributed by atoms with Gasteiger partial charge < -0.3 is 15.7 Å². The molecule has 108 valence electrons. The number of hydrogen-bond donors (Lipinski definition) is 3. The number of rotatable bonds is 7. The SMILES string of the molecule is CCSCCC(C)NC(=O)NC1C=CC(C(=O)O)C1. The van der Waals surface area contributed by atoms with Gasteiger partial charge in [0.15, 0.2) is 0 Å². The van der Waals surface area contributed by atoms with Gasteiger partial charge in [0.25, 0.3) is 0 Å². The van der Waals surface area contributed by atoms with Crippen molar-refractivity contribution in [2.75, 3.05) is 11.5 Å². The van der Waals surface area contributed by atoms with Crippen molar-refractivity contribution in [1.29, 1.82) is 0 Å². The number of nitrogens with one attached hydrogen (secondary N) is 2. The first-order valence-electron chi connectivity index (χ1n) is 6.58. The van der Waals surface area contributed by atoms with Crippen molar-refractivity contribution in [3.05, 3.63) is 12.2 Å². The number of urea groups is 1. The lowest BCUT2D eigenvalue weighted by Gasteiger charge is -2.17. The van der Waals surface area contributed by atoms with Gasteiger partial charge in [0.2, 0.25) is 0 Å². The van der Waals surface area contributed by atoms with Gasteiger partial charge in [-0.3, -0.25) is 4.79 Å². The number of carboxylic acids is 1. The van der Waals surface area contributed by atoms with Crippen LogP contribution >= 0.6 is 11.8 Å². The second kappa shape index (κ2) is 8.09. The Labute approximate surface area is 118 Å². The van der Waals surface area contributed by atoms with Crippen molar-refractivity contribution in [1.82, 2.24) is 10.6 Å². The van der Waals surface area contributed by atoms with Crippen molar-refractivity contribution in [3.8, 4) is 0 Å². The van der Waals surface area contributed by atoms with E-state index in [4.69, 9.17) is 5.11 Å². The van der Waals surface area contributed by atoms with Crippen LogP contribution in [0.4, 0.5) is 4.79 Å². The number of carbonyl (C=O) groups is 2. The van der Waals surface area contributed by atoms with E-state index >= 15 is 0 Å². The van der Waals surface area contributed by atoms with E-state index in [0.29, 0.717) is 6.42 Å². The fourth-order valence-corrected chi connectivity index (χ4v) is 2.71. The highest BCUT2D eigenvalue weighted by Crippen LogP contribution is 2.17. The van der Waals surface area contributed by atoms with Gasteiger partial charge in [0, 0.05) is 6.04 Å². The molecule has 0 fully saturated rings. The summed E-state index contributed by atoms with van der Waals surface area (Å²) in [4.78, 5) is 22.5. The molecule has 5 nitrogen and oxygen atoms in total. The van der Waals surface area contributed by atoms with Crippen LogP contribution in [0.5, 0.6) is 0 Å². The molecule has 0 spiro atoms. The third kappa shape index (κ3) is 6.00. The Morgan fingerprint density at radius 3 is 2.79 bits per heavy atom. The average Bonchev–Trinajstić information content (AvgIpc) is 2.77. The van der Waals surface area contributed by atoms with Crippen molar-refractivity contribution < 1.29 is 14.7 Å². The Morgan fingerprint density at radius 2 is 2.21 bits per heavy atom. The van der Waals surface area contributed by atoms with Crippen LogP contribution in [0.3, 0.4) is 0 Å². The van der Waals surface area contributed by atoms with E-state index in [1.165, 1.54) is 0 Å². The molecule has 0 aromatic rings. The van der Waals surface area contributed by atoms with E-state index in [-0.39, 0.29) is 18.1 Å². The lowest BCUT2D eigenvalue weighted by molar-refractivity contribution is -0.140. The highest BCUT2D eigenvalue weighted by Gasteiger charge is 2.25. The molecule has 0 saturated heterocycles. The zero-order valence-electron chi connectivity index (χ0n) is 11.4. The minimum absolute atomic E-state index is 0.125. The Morgan fingerprint density at radius 1 is 1.47 bits per heavy atom. The topological polar surface area (TPSA) is 78.4 Å². The molecular formula is C13H22N2O3S. The standard InChI is InChI=1S/C13H22N2O3S/c1-3-19-7-6-9(2)14-13(18)15-11-5-4-10(8-11)12(16)17/h4-5,9-11H,3,6-8H2,1-2H3,(H,16,17)(H2,14,15,18). The van der Waals surface area contributed by atoms with E-state index < -0.39 is 11.9 Å². The zero-order chi connectivity index (χ0) is 14.3. The van der Waals surface area contributed by atoms with E-state index in [2.05, 4.69) is 17.6 Å². The predicted molar refractivity (Wildman–Crippen MR) is 77.4 cm³/mol. The maximum absolute atomic E-state index is 11.7. The first-order valence-corrected chi connectivity index (χ1v) is 7.74. The maximum atomic E-state index is 11.7. The molecule has 0 radical (unpaired) electrons. The first kappa shape index (κ1) is 15.9. The monoisotopic (exact) mass is 286 g/mol. The molecule has 19 heavy (non-hydrogen) atoms. The Bertz CT molecular complexity index is 347. The van der Waals surface area contributed by atoms with Crippen LogP contribution in [0.1, 0.15) is 26.7 Å². The molecule has 3 N–H and O–H groups in total. The molecule has 0 aromatic heterocycles. The summed E-state index contributed by atoms with van der Waals surface area (Å²) in [7, 11) is 0. The number of aliphatic carboxylic acids is 1. The van der Waals surface area contributed by atoms with E-state index in [9.17, 15) is 9.59 Å². The van der Waals surface area contributed by atoms with Crippen molar-refractivity contribution >= 4 is 23.8 Å². The highest BCUT2D eigenvalue weighted by molar-refractivity contribution is 7.99. The smallest absolute Gasteiger partial charge is 0.315 e. The summed E-state index contributed by atoms with van der Waals surface area (Å²) in [6.45, 7) is 4.08. The summed E-state index contributed by atoms with van der Waals surface area (Å²) >= 11 is 1.85. The molecule has 0 heterocycles. The Kier molecular flexibility index (Phi) is 6.77. The number of amides is 2. The van der Waals surface area contributed by atoms with E-state index in [1.807, 2.05) is 18.7 Å². The summed E-state index contributed by atoms with van der Waals surface area (Å²) in [6, 6.07) is -0.285. The zero-order valence-corrected chi connectivity index (χ0v) is 12.2. The second-order valence-electron chi connectivity index (χ2n) is 4.68. The predicted octanol–water partition coefficient (Wildman–Crippen LogP) is 1.85. The minimum atomic E-state index is -0.842. The van der Waals surface area contributed by atoms with Crippen molar-refractivity contribution in [3.63, 3.8) is 0 Å². The molecule has 1 aliphatic rings. The van der Waals surface area contributed by atoms with Crippen LogP contribution in [-0.2, 0) is 4.79 Å². The van der Waals surface area contributed by atoms with Crippen LogP contribution in [0, 0.1) is 5.92 Å². The molecule has 1 aliphatic carbocycles. The molecule has 0 aromatic carbocycles. The van der Waals surface area contributed by atoms with Crippen LogP contribution in [0.15, 0.2) is 12.2 Å². The van der Waals surface area contributed by atoms with Crippen molar-refractivity contribution in [2.24, 2.45) is 5.92 Å². The van der Waals surface area contributed by atoms with Gasteiger partial charge in [-0.25, -0.2) is 4.79 Å². The lowest BCUT2D eigenvalue weighted by atomic mass is 10.1. The molecule has 0 saturated carbocycles. The third-order valence-corrected chi connectivity index (χ3v) is 3.93. The van der Waals surface area contributed by atoms with E-state index in [1.54, 1.807) is 12.2 Å². The molecule has 0 bridgehead atoms. The van der Waals surface area contributed by atoms with Gasteiger partial charge in [-0.05, 0) is 31.3 Å². The Hall–Kier alpha value is -1.17. The number of hydrogen-bond acceptors (Lipinski definition) is 3. The molecule has 1 rings (SSSR count). The fraction of sp³-hybridized carbons (Fsp3) is 0.692. The molecule has 2 amide bonds. The molecule has 6 heteroatoms. The third-order valence-electron chi connectivity index (χ3n) is 2.99. The van der Waals surface area contributed by atoms with Gasteiger partial charge in [-0.2, -0.15) is 11.8 Å². The fourth-order valence-electron chi connectivity index (χ4n) is 1.90. The van der Waals surface area contributed by atoms with Gasteiger partial charge in [0.05, 0.1) is 12.0 Å². The molecule has 3 unspecified atom stereocenters. The maximum Gasteiger partial charge on any atom is 0.315 e. The summed E-state index contributed by atoms with van der Waals surface area (Å²) in [5.41, 5.74) is 0. The minimum Gasteiger partial charge on any atom is -0.481 e. The summed E-state index contributed by atoms with van der Waals surface area (Å²) in [6.07, 6.45) is 4.75. The molecule has 3 atom stereocenters. The number of thioether (sulfide) groups is 1. The molecular weight excluding hydrogens is 264 g/mol. The molecule has 0 aliphatic heterocycles. The van der Waals surface area contributed by atoms with Gasteiger partial charge in [0.1, 0.15) is 0 Å². The van der Waals surface area contributed by atoms with Crippen LogP contribution in [-0.4, -0.2) is 40.7 Å². The largest absolute Gasteiger partial charge is 0.481 e. The van der Waals surface area contributed by atoms with E-state index in [0.717, 1.165) is 17.9 Å². The Balaban J connectivity index is 2.21.